The number of hydrogen-bond donors (Lipinski definition) is 2. The van der Waals surface area contributed by atoms with E-state index in [1.807, 2.05) is 37.5 Å². The highest BCUT2D eigenvalue weighted by Gasteiger charge is 2.19. The van der Waals surface area contributed by atoms with Gasteiger partial charge in [-0.15, -0.1) is 0 Å². The average molecular weight is 501 g/mol. The first-order valence-electron chi connectivity index (χ1n) is 12.1. The standard InChI is InChI=1S/C26H28N8OS/c1-18-24(31-17-35)36-25(32-18)21-15-29-26(30-16-21)34-10-8-33(9-11-34)7-3-2-4-20-14-28-23-6-5-19(13-27)12-22(20)23/h5-6,12,14-17,28H,2-4,7-11H2,1H3,(H,31,35). The number of anilines is 2. The van der Waals surface area contributed by atoms with Crippen LogP contribution in [-0.4, -0.2) is 64.0 Å². The van der Waals surface area contributed by atoms with E-state index in [0.717, 1.165) is 90.1 Å². The van der Waals surface area contributed by atoms with E-state index in [-0.39, 0.29) is 0 Å². The summed E-state index contributed by atoms with van der Waals surface area (Å²) in [6, 6.07) is 8.05. The fraction of sp³-hybridized carbons (Fsp3) is 0.346. The van der Waals surface area contributed by atoms with Gasteiger partial charge < -0.3 is 15.2 Å². The molecule has 4 heterocycles. The summed E-state index contributed by atoms with van der Waals surface area (Å²) in [5, 5.41) is 14.6. The third kappa shape index (κ3) is 5.22. The predicted octanol–water partition coefficient (Wildman–Crippen LogP) is 3.97. The number of amides is 1. The predicted molar refractivity (Wildman–Crippen MR) is 142 cm³/mol. The molecule has 0 bridgehead atoms. The Kier molecular flexibility index (Phi) is 7.21. The maximum absolute atomic E-state index is 10.7. The number of unbranched alkanes of at least 4 members (excludes halogenated alkanes) is 1. The van der Waals surface area contributed by atoms with Gasteiger partial charge in [-0.2, -0.15) is 5.26 Å². The summed E-state index contributed by atoms with van der Waals surface area (Å²) in [5.74, 6) is 0.744. The number of nitriles is 1. The molecule has 0 aliphatic carbocycles. The number of hydrogen-bond acceptors (Lipinski definition) is 8. The van der Waals surface area contributed by atoms with Crippen LogP contribution in [0.5, 0.6) is 0 Å². The van der Waals surface area contributed by atoms with Gasteiger partial charge in [0.2, 0.25) is 12.4 Å². The highest BCUT2D eigenvalue weighted by atomic mass is 32.1. The van der Waals surface area contributed by atoms with Crippen molar-refractivity contribution in [1.82, 2.24) is 24.8 Å². The van der Waals surface area contributed by atoms with Crippen molar-refractivity contribution in [3.05, 3.63) is 53.6 Å². The fourth-order valence-electron chi connectivity index (χ4n) is 4.58. The second-order valence-electron chi connectivity index (χ2n) is 8.94. The fourth-order valence-corrected chi connectivity index (χ4v) is 5.48. The van der Waals surface area contributed by atoms with E-state index < -0.39 is 0 Å². The molecule has 0 unspecified atom stereocenters. The zero-order valence-corrected chi connectivity index (χ0v) is 21.0. The summed E-state index contributed by atoms with van der Waals surface area (Å²) in [6.07, 6.45) is 9.63. The molecule has 1 aliphatic heterocycles. The number of thiazole rings is 1. The molecule has 0 atom stereocenters. The molecule has 1 amide bonds. The van der Waals surface area contributed by atoms with Crippen LogP contribution in [0.1, 0.15) is 29.7 Å². The summed E-state index contributed by atoms with van der Waals surface area (Å²) in [5.41, 5.74) is 4.73. The van der Waals surface area contributed by atoms with Crippen LogP contribution in [0.15, 0.2) is 36.8 Å². The van der Waals surface area contributed by atoms with E-state index in [0.29, 0.717) is 12.0 Å². The lowest BCUT2D eigenvalue weighted by molar-refractivity contribution is -0.105. The van der Waals surface area contributed by atoms with Gasteiger partial charge in [0.05, 0.1) is 17.3 Å². The van der Waals surface area contributed by atoms with Crippen LogP contribution in [0.4, 0.5) is 10.9 Å². The molecular weight excluding hydrogens is 472 g/mol. The third-order valence-electron chi connectivity index (χ3n) is 6.59. The number of carbonyl (C=O) groups excluding carboxylic acids is 1. The van der Waals surface area contributed by atoms with Gasteiger partial charge in [-0.3, -0.25) is 9.69 Å². The van der Waals surface area contributed by atoms with Crippen LogP contribution < -0.4 is 10.2 Å². The minimum Gasteiger partial charge on any atom is -0.361 e. The molecule has 4 aromatic rings. The number of H-pyrrole nitrogens is 1. The lowest BCUT2D eigenvalue weighted by Crippen LogP contribution is -2.47. The topological polar surface area (TPSA) is 114 Å². The highest BCUT2D eigenvalue weighted by Crippen LogP contribution is 2.31. The minimum absolute atomic E-state index is 0.666. The zero-order chi connectivity index (χ0) is 24.9. The molecule has 2 N–H and O–H groups in total. The first-order chi connectivity index (χ1) is 17.6. The first kappa shape index (κ1) is 23.9. The SMILES string of the molecule is Cc1nc(-c2cnc(N3CCN(CCCCc4c[nH]c5ccc(C#N)cc45)CC3)nc2)sc1NC=O. The number of carbonyl (C=O) groups is 1. The molecule has 0 radical (unpaired) electrons. The quantitative estimate of drug-likeness (QED) is 0.264. The van der Waals surface area contributed by atoms with E-state index in [4.69, 9.17) is 0 Å². The van der Waals surface area contributed by atoms with Crippen LogP contribution in [0.3, 0.4) is 0 Å². The van der Waals surface area contributed by atoms with Crippen LogP contribution >= 0.6 is 11.3 Å². The molecule has 1 saturated heterocycles. The lowest BCUT2D eigenvalue weighted by Gasteiger charge is -2.34. The van der Waals surface area contributed by atoms with Gasteiger partial charge in [-0.25, -0.2) is 15.0 Å². The number of aromatic amines is 1. The van der Waals surface area contributed by atoms with Gasteiger partial charge in [0.1, 0.15) is 10.0 Å². The maximum Gasteiger partial charge on any atom is 0.225 e. The summed E-state index contributed by atoms with van der Waals surface area (Å²) in [4.78, 5) is 32.4. The molecule has 0 saturated carbocycles. The van der Waals surface area contributed by atoms with Crippen LogP contribution in [0.2, 0.25) is 0 Å². The summed E-state index contributed by atoms with van der Waals surface area (Å²) in [6.45, 7) is 6.76. The van der Waals surface area contributed by atoms with Gasteiger partial charge in [0.25, 0.3) is 0 Å². The molecule has 10 heteroatoms. The minimum atomic E-state index is 0.666. The number of rotatable bonds is 9. The Hall–Kier alpha value is -3.81. The molecule has 1 aliphatic rings. The number of nitrogens with one attached hydrogen (secondary N) is 2. The zero-order valence-electron chi connectivity index (χ0n) is 20.2. The normalized spacial score (nSPS) is 14.2. The second kappa shape index (κ2) is 10.8. The van der Waals surface area contributed by atoms with Gasteiger partial charge in [0, 0.05) is 61.2 Å². The summed E-state index contributed by atoms with van der Waals surface area (Å²) in [7, 11) is 0. The lowest BCUT2D eigenvalue weighted by atomic mass is 10.1. The van der Waals surface area contributed by atoms with Crippen molar-refractivity contribution in [3.63, 3.8) is 0 Å². The van der Waals surface area contributed by atoms with Crippen molar-refractivity contribution >= 4 is 39.6 Å². The van der Waals surface area contributed by atoms with Crippen LogP contribution in [0, 0.1) is 18.3 Å². The molecular formula is C26H28N8OS. The number of nitrogens with zero attached hydrogens (tertiary/aromatic N) is 6. The van der Waals surface area contributed by atoms with E-state index in [1.54, 1.807) is 0 Å². The number of aromatic nitrogens is 4. The monoisotopic (exact) mass is 500 g/mol. The van der Waals surface area contributed by atoms with E-state index in [2.05, 4.69) is 47.3 Å². The number of aryl methyl sites for hydroxylation is 2. The average Bonchev–Trinajstić information content (AvgIpc) is 3.50. The van der Waals surface area contributed by atoms with Gasteiger partial charge in [-0.1, -0.05) is 11.3 Å². The van der Waals surface area contributed by atoms with Gasteiger partial charge in [0.15, 0.2) is 0 Å². The Balaban J connectivity index is 1.08. The Labute approximate surface area is 213 Å². The number of piperazine rings is 1. The van der Waals surface area contributed by atoms with Crippen molar-refractivity contribution in [1.29, 1.82) is 5.26 Å². The molecule has 1 fully saturated rings. The van der Waals surface area contributed by atoms with Crippen molar-refractivity contribution in [2.75, 3.05) is 42.9 Å². The van der Waals surface area contributed by atoms with Crippen molar-refractivity contribution in [2.24, 2.45) is 0 Å². The third-order valence-corrected chi connectivity index (χ3v) is 7.73. The first-order valence-corrected chi connectivity index (χ1v) is 12.9. The number of benzene rings is 1. The maximum atomic E-state index is 10.7. The van der Waals surface area contributed by atoms with E-state index in [1.165, 1.54) is 16.9 Å². The van der Waals surface area contributed by atoms with E-state index in [9.17, 15) is 10.1 Å². The van der Waals surface area contributed by atoms with E-state index >= 15 is 0 Å². The van der Waals surface area contributed by atoms with Crippen molar-refractivity contribution < 1.29 is 4.79 Å². The van der Waals surface area contributed by atoms with Crippen molar-refractivity contribution in [3.8, 4) is 16.6 Å². The molecule has 1 aromatic carbocycles. The van der Waals surface area contributed by atoms with Crippen LogP contribution in [0.25, 0.3) is 21.5 Å². The number of fused-ring (bicyclic) bond motifs is 1. The highest BCUT2D eigenvalue weighted by molar-refractivity contribution is 7.19. The summed E-state index contributed by atoms with van der Waals surface area (Å²) < 4.78 is 0. The van der Waals surface area contributed by atoms with Gasteiger partial charge in [-0.05, 0) is 56.5 Å². The molecule has 184 valence electrons. The Morgan fingerprint density at radius 3 is 2.75 bits per heavy atom. The largest absolute Gasteiger partial charge is 0.361 e. The Morgan fingerprint density at radius 2 is 2.00 bits per heavy atom. The molecule has 5 rings (SSSR count). The molecule has 0 spiro atoms. The summed E-state index contributed by atoms with van der Waals surface area (Å²) >= 11 is 1.42. The smallest absolute Gasteiger partial charge is 0.225 e. The van der Waals surface area contributed by atoms with Crippen LogP contribution in [-0.2, 0) is 11.2 Å². The Morgan fingerprint density at radius 1 is 1.19 bits per heavy atom. The van der Waals surface area contributed by atoms with Crippen molar-refractivity contribution in [2.45, 2.75) is 26.2 Å². The molecule has 36 heavy (non-hydrogen) atoms. The molecule has 9 nitrogen and oxygen atoms in total. The molecule has 3 aromatic heterocycles. The second-order valence-corrected chi connectivity index (χ2v) is 9.94. The Bertz CT molecular complexity index is 1380. The van der Waals surface area contributed by atoms with Gasteiger partial charge >= 0.3 is 0 Å².